The highest BCUT2D eigenvalue weighted by molar-refractivity contribution is 5.70. The molecule has 0 bridgehead atoms. The predicted octanol–water partition coefficient (Wildman–Crippen LogP) is 17.2. The number of unbranched alkanes of at least 4 members (excludes halogenated alkanes) is 33. The van der Waals surface area contributed by atoms with Crippen molar-refractivity contribution in [2.24, 2.45) is 0 Å². The van der Waals surface area contributed by atoms with E-state index in [0.29, 0.717) is 19.4 Å². The quantitative estimate of drug-likeness (QED) is 0.0348. The maximum Gasteiger partial charge on any atom is 0.306 e. The molecule has 5 nitrogen and oxygen atoms in total. The molecule has 0 fully saturated rings. The monoisotopic (exact) mass is 817 g/mol. The molecule has 5 heteroatoms. The zero-order valence-electron chi connectivity index (χ0n) is 39.3. The van der Waals surface area contributed by atoms with E-state index in [-0.39, 0.29) is 25.2 Å². The molecular formula is C53H100O5. The van der Waals surface area contributed by atoms with Gasteiger partial charge in [-0.15, -0.1) is 0 Å². The molecule has 0 aromatic heterocycles. The van der Waals surface area contributed by atoms with Gasteiger partial charge in [0.1, 0.15) is 6.61 Å². The summed E-state index contributed by atoms with van der Waals surface area (Å²) in [5.41, 5.74) is 0. The first-order valence-corrected chi connectivity index (χ1v) is 25.9. The van der Waals surface area contributed by atoms with Gasteiger partial charge in [-0.25, -0.2) is 0 Å². The summed E-state index contributed by atoms with van der Waals surface area (Å²) in [4.78, 5) is 25.4. The summed E-state index contributed by atoms with van der Waals surface area (Å²) < 4.78 is 17.4. The second-order valence-electron chi connectivity index (χ2n) is 17.4. The van der Waals surface area contributed by atoms with E-state index in [1.54, 1.807) is 0 Å². The molecule has 0 radical (unpaired) electrons. The zero-order chi connectivity index (χ0) is 42.1. The van der Waals surface area contributed by atoms with Crippen LogP contribution in [-0.2, 0) is 23.8 Å². The second-order valence-corrected chi connectivity index (χ2v) is 17.4. The Morgan fingerprint density at radius 2 is 0.690 bits per heavy atom. The Hall–Kier alpha value is -1.62. The van der Waals surface area contributed by atoms with E-state index in [1.807, 2.05) is 0 Å². The minimum Gasteiger partial charge on any atom is -0.462 e. The average Bonchev–Trinajstić information content (AvgIpc) is 3.22. The van der Waals surface area contributed by atoms with Crippen LogP contribution in [0.15, 0.2) is 24.3 Å². The molecule has 0 aromatic rings. The molecule has 0 heterocycles. The van der Waals surface area contributed by atoms with Crippen LogP contribution in [0.25, 0.3) is 0 Å². The van der Waals surface area contributed by atoms with Crippen LogP contribution in [0, 0.1) is 0 Å². The summed E-state index contributed by atoms with van der Waals surface area (Å²) in [6, 6.07) is 0. The number of carbonyl (C=O) groups excluding carboxylic acids is 2. The second kappa shape index (κ2) is 49.7. The summed E-state index contributed by atoms with van der Waals surface area (Å²) >= 11 is 0. The molecule has 58 heavy (non-hydrogen) atoms. The number of ether oxygens (including phenoxy) is 3. The highest BCUT2D eigenvalue weighted by Gasteiger charge is 2.17. The Kier molecular flexibility index (Phi) is 48.4. The first-order valence-electron chi connectivity index (χ1n) is 25.9. The fourth-order valence-electron chi connectivity index (χ4n) is 7.55. The fraction of sp³-hybridized carbons (Fsp3) is 0.887. The zero-order valence-corrected chi connectivity index (χ0v) is 39.3. The molecule has 0 rings (SSSR count). The van der Waals surface area contributed by atoms with Crippen LogP contribution in [0.3, 0.4) is 0 Å². The fourth-order valence-corrected chi connectivity index (χ4v) is 7.55. The van der Waals surface area contributed by atoms with E-state index in [1.165, 1.54) is 193 Å². The van der Waals surface area contributed by atoms with Crippen LogP contribution in [-0.4, -0.2) is 37.9 Å². The van der Waals surface area contributed by atoms with Gasteiger partial charge in [0.25, 0.3) is 0 Å². The minimum absolute atomic E-state index is 0.0847. The smallest absolute Gasteiger partial charge is 0.306 e. The Morgan fingerprint density at radius 1 is 0.362 bits per heavy atom. The van der Waals surface area contributed by atoms with E-state index >= 15 is 0 Å². The van der Waals surface area contributed by atoms with Gasteiger partial charge < -0.3 is 14.2 Å². The maximum absolute atomic E-state index is 12.8. The van der Waals surface area contributed by atoms with Crippen LogP contribution in [0.1, 0.15) is 278 Å². The van der Waals surface area contributed by atoms with Gasteiger partial charge in [-0.2, -0.15) is 0 Å². The van der Waals surface area contributed by atoms with E-state index in [9.17, 15) is 9.59 Å². The van der Waals surface area contributed by atoms with Gasteiger partial charge in [-0.05, 0) is 64.2 Å². The number of allylic oxidation sites excluding steroid dienone is 4. The van der Waals surface area contributed by atoms with Crippen molar-refractivity contribution in [2.75, 3.05) is 19.8 Å². The summed E-state index contributed by atoms with van der Waals surface area (Å²) in [5.74, 6) is -0.394. The molecule has 0 amide bonds. The Labute approximate surface area is 362 Å². The van der Waals surface area contributed by atoms with E-state index in [4.69, 9.17) is 14.2 Å². The maximum atomic E-state index is 12.8. The lowest BCUT2D eigenvalue weighted by Crippen LogP contribution is -2.30. The summed E-state index contributed by atoms with van der Waals surface area (Å²) in [5, 5.41) is 0. The minimum atomic E-state index is -0.535. The van der Waals surface area contributed by atoms with Crippen molar-refractivity contribution in [1.29, 1.82) is 0 Å². The SMILES string of the molecule is CCCC/C=C\CCCCCCCCOCC(COC(=O)CCCCCCC/C=C\CCCCCCCC)OC(=O)CCCCCCCCCCCCCCCCC. The largest absolute Gasteiger partial charge is 0.462 e. The average molecular weight is 817 g/mol. The molecule has 1 atom stereocenters. The molecule has 0 spiro atoms. The lowest BCUT2D eigenvalue weighted by Gasteiger charge is -2.18. The van der Waals surface area contributed by atoms with Crippen molar-refractivity contribution in [3.05, 3.63) is 24.3 Å². The van der Waals surface area contributed by atoms with Gasteiger partial charge in [-0.1, -0.05) is 225 Å². The highest BCUT2D eigenvalue weighted by atomic mass is 16.6. The molecule has 342 valence electrons. The van der Waals surface area contributed by atoms with Crippen molar-refractivity contribution in [2.45, 2.75) is 284 Å². The van der Waals surface area contributed by atoms with Crippen LogP contribution < -0.4 is 0 Å². The molecule has 0 aliphatic rings. The number of carbonyl (C=O) groups is 2. The molecule has 0 saturated heterocycles. The van der Waals surface area contributed by atoms with Gasteiger partial charge in [0.15, 0.2) is 6.10 Å². The van der Waals surface area contributed by atoms with E-state index < -0.39 is 6.10 Å². The van der Waals surface area contributed by atoms with Gasteiger partial charge in [0, 0.05) is 19.4 Å². The van der Waals surface area contributed by atoms with Crippen molar-refractivity contribution < 1.29 is 23.8 Å². The first kappa shape index (κ1) is 56.4. The molecule has 0 aromatic carbocycles. The van der Waals surface area contributed by atoms with E-state index in [2.05, 4.69) is 45.1 Å². The van der Waals surface area contributed by atoms with Crippen LogP contribution in [0.4, 0.5) is 0 Å². The number of rotatable bonds is 48. The summed E-state index contributed by atoms with van der Waals surface area (Å²) in [7, 11) is 0. The van der Waals surface area contributed by atoms with Crippen LogP contribution >= 0.6 is 0 Å². The standard InChI is InChI=1S/C53H100O5/c1-4-7-10-13-16-19-22-25-27-29-31-34-37-40-43-46-52(54)57-50-51(49-56-48-45-42-39-36-33-24-21-18-15-12-9-6-3)58-53(55)47-44-41-38-35-32-30-28-26-23-20-17-14-11-8-5-2/h15,18,25,27,51H,4-14,16-17,19-24,26,28-50H2,1-3H3/b18-15-,27-25-. The van der Waals surface area contributed by atoms with E-state index in [0.717, 1.165) is 51.4 Å². The third kappa shape index (κ3) is 47.1. The lowest BCUT2D eigenvalue weighted by molar-refractivity contribution is -0.163. The van der Waals surface area contributed by atoms with Gasteiger partial charge >= 0.3 is 11.9 Å². The highest BCUT2D eigenvalue weighted by Crippen LogP contribution is 2.15. The van der Waals surface area contributed by atoms with Crippen molar-refractivity contribution >= 4 is 11.9 Å². The molecular weight excluding hydrogens is 717 g/mol. The molecule has 0 N–H and O–H groups in total. The van der Waals surface area contributed by atoms with Gasteiger partial charge in [0.05, 0.1) is 6.61 Å². The predicted molar refractivity (Wildman–Crippen MR) is 252 cm³/mol. The van der Waals surface area contributed by atoms with Crippen molar-refractivity contribution in [1.82, 2.24) is 0 Å². The van der Waals surface area contributed by atoms with Crippen LogP contribution in [0.5, 0.6) is 0 Å². The number of hydrogen-bond donors (Lipinski definition) is 0. The van der Waals surface area contributed by atoms with Gasteiger partial charge in [0.2, 0.25) is 0 Å². The first-order chi connectivity index (χ1) is 28.6. The Morgan fingerprint density at radius 3 is 1.10 bits per heavy atom. The van der Waals surface area contributed by atoms with Crippen molar-refractivity contribution in [3.8, 4) is 0 Å². The number of hydrogen-bond acceptors (Lipinski definition) is 5. The molecule has 0 saturated carbocycles. The third-order valence-electron chi connectivity index (χ3n) is 11.5. The van der Waals surface area contributed by atoms with Crippen LogP contribution in [0.2, 0.25) is 0 Å². The topological polar surface area (TPSA) is 61.8 Å². The molecule has 1 unspecified atom stereocenters. The summed E-state index contributed by atoms with van der Waals surface area (Å²) in [6.45, 7) is 7.82. The summed E-state index contributed by atoms with van der Waals surface area (Å²) in [6.07, 6.45) is 57.5. The lowest BCUT2D eigenvalue weighted by atomic mass is 10.0. The number of esters is 2. The normalized spacial score (nSPS) is 12.3. The van der Waals surface area contributed by atoms with Gasteiger partial charge in [-0.3, -0.25) is 9.59 Å². The molecule has 0 aliphatic heterocycles. The Bertz CT molecular complexity index is 882. The third-order valence-corrected chi connectivity index (χ3v) is 11.5. The van der Waals surface area contributed by atoms with Crippen molar-refractivity contribution in [3.63, 3.8) is 0 Å². The Balaban J connectivity index is 4.23. The molecule has 0 aliphatic carbocycles.